The standard InChI is InChI=1S/C14H21BrN2O/c1-5-17(6-2)9-13(18)16-14-10(3)7-8-12(15)11(14)4/h7-8H,5-6,9H2,1-4H3,(H,16,18)/i1D3,5D2. The quantitative estimate of drug-likeness (QED) is 0.903. The molecule has 0 bridgehead atoms. The van der Waals surface area contributed by atoms with Crippen LogP contribution in [0.1, 0.15) is 31.8 Å². The van der Waals surface area contributed by atoms with Gasteiger partial charge in [0, 0.05) is 17.0 Å². The molecule has 0 spiro atoms. The SMILES string of the molecule is [2H]C([2H])([2H])C([2H])([2H])N(CC)CC(=O)Nc1c(C)ccc(Br)c1C. The fourth-order valence-corrected chi connectivity index (χ4v) is 1.93. The molecule has 0 saturated carbocycles. The van der Waals surface area contributed by atoms with Gasteiger partial charge in [-0.3, -0.25) is 9.69 Å². The Morgan fingerprint density at radius 2 is 2.28 bits per heavy atom. The molecule has 0 aromatic heterocycles. The van der Waals surface area contributed by atoms with Crippen molar-refractivity contribution in [2.45, 2.75) is 27.6 Å². The van der Waals surface area contributed by atoms with Gasteiger partial charge in [0.25, 0.3) is 0 Å². The number of carbonyl (C=O) groups excluding carboxylic acids is 1. The van der Waals surface area contributed by atoms with Crippen molar-refractivity contribution in [3.05, 3.63) is 27.7 Å². The zero-order chi connectivity index (χ0) is 18.0. The fraction of sp³-hybridized carbons (Fsp3) is 0.500. The smallest absolute Gasteiger partial charge is 0.238 e. The molecule has 0 unspecified atom stereocenters. The number of likely N-dealkylation sites (N-methyl/N-ethyl adjacent to an activating group) is 1. The lowest BCUT2D eigenvalue weighted by molar-refractivity contribution is -0.117. The van der Waals surface area contributed by atoms with Crippen molar-refractivity contribution in [3.63, 3.8) is 0 Å². The van der Waals surface area contributed by atoms with Crippen molar-refractivity contribution in [3.8, 4) is 0 Å². The maximum Gasteiger partial charge on any atom is 0.238 e. The summed E-state index contributed by atoms with van der Waals surface area (Å²) in [6.45, 7) is -0.305. The molecule has 1 aromatic rings. The highest BCUT2D eigenvalue weighted by atomic mass is 79.9. The maximum absolute atomic E-state index is 12.3. The van der Waals surface area contributed by atoms with E-state index in [0.717, 1.165) is 20.5 Å². The van der Waals surface area contributed by atoms with Crippen LogP contribution in [0.5, 0.6) is 0 Å². The minimum atomic E-state index is -2.83. The van der Waals surface area contributed by atoms with Gasteiger partial charge < -0.3 is 5.32 Å². The number of amides is 1. The molecule has 0 aliphatic rings. The number of rotatable bonds is 5. The number of carbonyl (C=O) groups is 1. The predicted octanol–water partition coefficient (Wildman–Crippen LogP) is 3.35. The van der Waals surface area contributed by atoms with E-state index in [1.54, 1.807) is 6.92 Å². The Bertz CT molecular complexity index is 589. The van der Waals surface area contributed by atoms with E-state index >= 15 is 0 Å². The third-order valence-electron chi connectivity index (χ3n) is 2.75. The third kappa shape index (κ3) is 3.82. The monoisotopic (exact) mass is 317 g/mol. The first-order valence-electron chi connectivity index (χ1n) is 8.22. The Hall–Kier alpha value is -0.870. The maximum atomic E-state index is 12.3. The van der Waals surface area contributed by atoms with Gasteiger partial charge in [0.15, 0.2) is 0 Å². The van der Waals surface area contributed by atoms with Crippen LogP contribution >= 0.6 is 15.9 Å². The summed E-state index contributed by atoms with van der Waals surface area (Å²) in [7, 11) is 0. The second-order valence-electron chi connectivity index (χ2n) is 4.04. The number of nitrogens with one attached hydrogen (secondary N) is 1. The van der Waals surface area contributed by atoms with E-state index in [0.29, 0.717) is 5.69 Å². The molecule has 0 heterocycles. The number of benzene rings is 1. The second kappa shape index (κ2) is 6.90. The minimum Gasteiger partial charge on any atom is -0.324 e. The van der Waals surface area contributed by atoms with Crippen LogP contribution in [-0.2, 0) is 4.79 Å². The summed E-state index contributed by atoms with van der Waals surface area (Å²) in [6, 6.07) is 3.73. The van der Waals surface area contributed by atoms with Crippen molar-refractivity contribution >= 4 is 27.5 Å². The molecule has 1 N–H and O–H groups in total. The Labute approximate surface area is 125 Å². The molecule has 3 nitrogen and oxygen atoms in total. The van der Waals surface area contributed by atoms with Crippen LogP contribution in [0, 0.1) is 13.8 Å². The van der Waals surface area contributed by atoms with E-state index in [4.69, 9.17) is 6.85 Å². The van der Waals surface area contributed by atoms with Gasteiger partial charge in [-0.05, 0) is 44.1 Å². The van der Waals surface area contributed by atoms with Gasteiger partial charge in [-0.1, -0.05) is 35.8 Å². The average Bonchev–Trinajstić information content (AvgIpc) is 2.43. The van der Waals surface area contributed by atoms with Crippen molar-refractivity contribution in [2.75, 3.05) is 24.9 Å². The molecule has 4 heteroatoms. The number of anilines is 1. The summed E-state index contributed by atoms with van der Waals surface area (Å²) < 4.78 is 38.3. The number of hydrogen-bond acceptors (Lipinski definition) is 2. The van der Waals surface area contributed by atoms with Gasteiger partial charge >= 0.3 is 0 Å². The molecule has 0 aliphatic heterocycles. The van der Waals surface area contributed by atoms with E-state index in [-0.39, 0.29) is 13.1 Å². The lowest BCUT2D eigenvalue weighted by Gasteiger charge is -2.19. The molecular formula is C14H21BrN2O. The van der Waals surface area contributed by atoms with Gasteiger partial charge in [0.2, 0.25) is 5.91 Å². The fourth-order valence-electron chi connectivity index (χ4n) is 1.60. The van der Waals surface area contributed by atoms with Gasteiger partial charge in [-0.15, -0.1) is 0 Å². The van der Waals surface area contributed by atoms with E-state index in [1.165, 1.54) is 0 Å². The topological polar surface area (TPSA) is 32.3 Å². The largest absolute Gasteiger partial charge is 0.324 e. The predicted molar refractivity (Wildman–Crippen MR) is 80.0 cm³/mol. The van der Waals surface area contributed by atoms with Gasteiger partial charge in [-0.2, -0.15) is 0 Å². The average molecular weight is 318 g/mol. The highest BCUT2D eigenvalue weighted by Crippen LogP contribution is 2.27. The Balaban J connectivity index is 2.94. The van der Waals surface area contributed by atoms with Crippen LogP contribution < -0.4 is 5.32 Å². The van der Waals surface area contributed by atoms with Crippen LogP contribution in [0.4, 0.5) is 5.69 Å². The summed E-state index contributed by atoms with van der Waals surface area (Å²) in [5.41, 5.74) is 2.39. The highest BCUT2D eigenvalue weighted by Gasteiger charge is 2.11. The third-order valence-corrected chi connectivity index (χ3v) is 3.61. The zero-order valence-corrected chi connectivity index (χ0v) is 12.4. The first-order valence-corrected chi connectivity index (χ1v) is 6.51. The summed E-state index contributed by atoms with van der Waals surface area (Å²) in [6.07, 6.45) is 0. The van der Waals surface area contributed by atoms with Crippen molar-refractivity contribution < 1.29 is 11.6 Å². The van der Waals surface area contributed by atoms with Crippen LogP contribution in [0.2, 0.25) is 0 Å². The highest BCUT2D eigenvalue weighted by molar-refractivity contribution is 9.10. The zero-order valence-electron chi connectivity index (χ0n) is 15.8. The summed E-state index contributed by atoms with van der Waals surface area (Å²) in [4.78, 5) is 13.3. The van der Waals surface area contributed by atoms with Crippen LogP contribution in [-0.4, -0.2) is 30.4 Å². The molecule has 1 rings (SSSR count). The van der Waals surface area contributed by atoms with E-state index < -0.39 is 19.3 Å². The molecule has 0 atom stereocenters. The van der Waals surface area contributed by atoms with Crippen molar-refractivity contribution in [2.24, 2.45) is 0 Å². The Kier molecular flexibility index (Phi) is 3.49. The number of halogens is 1. The molecule has 1 amide bonds. The minimum absolute atomic E-state index is 0.106. The summed E-state index contributed by atoms with van der Waals surface area (Å²) >= 11 is 3.40. The Morgan fingerprint density at radius 3 is 2.89 bits per heavy atom. The number of nitrogens with zero attached hydrogens (tertiary/aromatic N) is 1. The lowest BCUT2D eigenvalue weighted by Crippen LogP contribution is -2.33. The number of aryl methyl sites for hydroxylation is 1. The molecule has 0 saturated heterocycles. The van der Waals surface area contributed by atoms with Gasteiger partial charge in [-0.25, -0.2) is 0 Å². The van der Waals surface area contributed by atoms with E-state index in [9.17, 15) is 4.79 Å². The second-order valence-corrected chi connectivity index (χ2v) is 4.89. The lowest BCUT2D eigenvalue weighted by atomic mass is 10.1. The molecule has 1 aromatic carbocycles. The molecule has 0 fully saturated rings. The first-order chi connectivity index (χ1) is 10.4. The van der Waals surface area contributed by atoms with Crippen molar-refractivity contribution in [1.29, 1.82) is 0 Å². The van der Waals surface area contributed by atoms with Crippen LogP contribution in [0.25, 0.3) is 0 Å². The van der Waals surface area contributed by atoms with E-state index in [2.05, 4.69) is 21.2 Å². The normalized spacial score (nSPS) is 16.4. The first kappa shape index (κ1) is 9.10. The Morgan fingerprint density at radius 1 is 1.56 bits per heavy atom. The van der Waals surface area contributed by atoms with Crippen molar-refractivity contribution in [1.82, 2.24) is 4.90 Å². The molecule has 100 valence electrons. The van der Waals surface area contributed by atoms with Gasteiger partial charge in [0.1, 0.15) is 0 Å². The van der Waals surface area contributed by atoms with Gasteiger partial charge in [0.05, 0.1) is 6.54 Å². The number of hydrogen-bond donors (Lipinski definition) is 1. The molecule has 18 heavy (non-hydrogen) atoms. The molecular weight excluding hydrogens is 292 g/mol. The molecule has 0 radical (unpaired) electrons. The van der Waals surface area contributed by atoms with Crippen LogP contribution in [0.3, 0.4) is 0 Å². The summed E-state index contributed by atoms with van der Waals surface area (Å²) in [5.74, 6) is -0.454. The summed E-state index contributed by atoms with van der Waals surface area (Å²) in [5, 5.41) is 2.75. The molecule has 0 aliphatic carbocycles. The van der Waals surface area contributed by atoms with E-state index in [1.807, 2.05) is 26.0 Å². The van der Waals surface area contributed by atoms with Crippen LogP contribution in [0.15, 0.2) is 16.6 Å².